The summed E-state index contributed by atoms with van der Waals surface area (Å²) in [4.78, 5) is 12.6. The quantitative estimate of drug-likeness (QED) is 0.552. The van der Waals surface area contributed by atoms with Gasteiger partial charge in [0.2, 0.25) is 0 Å². The summed E-state index contributed by atoms with van der Waals surface area (Å²) in [5.41, 5.74) is 5.18. The molecule has 0 aliphatic heterocycles. The predicted octanol–water partition coefficient (Wildman–Crippen LogP) is 3.73. The van der Waals surface area contributed by atoms with E-state index in [9.17, 15) is 4.79 Å². The molecule has 30 heavy (non-hydrogen) atoms. The highest BCUT2D eigenvalue weighted by Gasteiger charge is 2.28. The molecule has 150 valence electrons. The first-order chi connectivity index (χ1) is 14.6. The number of amides is 1. The maximum absolute atomic E-state index is 12.6. The van der Waals surface area contributed by atoms with Gasteiger partial charge in [-0.05, 0) is 91.7 Å². The Labute approximate surface area is 173 Å². The second-order valence-electron chi connectivity index (χ2n) is 7.60. The molecule has 0 bridgehead atoms. The Hall–Kier alpha value is -3.81. The van der Waals surface area contributed by atoms with E-state index in [1.807, 2.05) is 65.7 Å². The number of hydrogen-bond acceptors (Lipinski definition) is 5. The monoisotopic (exact) mass is 399 g/mol. The highest BCUT2D eigenvalue weighted by molar-refractivity contribution is 6.04. The fourth-order valence-corrected chi connectivity index (χ4v) is 3.50. The maximum Gasteiger partial charge on any atom is 0.255 e. The fraction of sp³-hybridized carbons (Fsp3) is 0.227. The van der Waals surface area contributed by atoms with Crippen molar-refractivity contribution in [1.82, 2.24) is 30.0 Å². The molecular formula is C22H21N7O. The summed E-state index contributed by atoms with van der Waals surface area (Å²) in [5.74, 6) is 0.598. The fourth-order valence-electron chi connectivity index (χ4n) is 3.50. The Morgan fingerprint density at radius 3 is 2.40 bits per heavy atom. The Morgan fingerprint density at radius 1 is 1.03 bits per heavy atom. The van der Waals surface area contributed by atoms with Crippen molar-refractivity contribution in [1.29, 1.82) is 0 Å². The van der Waals surface area contributed by atoms with E-state index in [2.05, 4.69) is 25.9 Å². The van der Waals surface area contributed by atoms with Crippen molar-refractivity contribution in [3.8, 4) is 17.1 Å². The smallest absolute Gasteiger partial charge is 0.255 e. The molecule has 5 rings (SSSR count). The lowest BCUT2D eigenvalue weighted by molar-refractivity contribution is 0.102. The van der Waals surface area contributed by atoms with Gasteiger partial charge in [0.1, 0.15) is 0 Å². The van der Waals surface area contributed by atoms with E-state index in [0.29, 0.717) is 11.6 Å². The third kappa shape index (κ3) is 3.47. The second-order valence-corrected chi connectivity index (χ2v) is 7.60. The van der Waals surface area contributed by atoms with Crippen molar-refractivity contribution < 1.29 is 4.79 Å². The lowest BCUT2D eigenvalue weighted by atomic mass is 10.1. The highest BCUT2D eigenvalue weighted by atomic mass is 16.1. The van der Waals surface area contributed by atoms with Gasteiger partial charge in [0, 0.05) is 22.5 Å². The number of nitrogens with zero attached hydrogens (tertiary/aromatic N) is 6. The standard InChI is InChI=1S/C22H21N7O/c1-14-13-15(2)28(25-14)19-9-5-17(6-10-19)22(30)23-18-7-3-16(4-8-18)21-24-26-27-29(21)20-11-12-20/h3-10,13,20H,11-12H2,1-2H3,(H,23,30). The minimum atomic E-state index is -0.162. The van der Waals surface area contributed by atoms with Gasteiger partial charge < -0.3 is 5.32 Å². The number of nitrogens with one attached hydrogen (secondary N) is 1. The predicted molar refractivity (Wildman–Crippen MR) is 113 cm³/mol. The first-order valence-corrected chi connectivity index (χ1v) is 9.92. The first kappa shape index (κ1) is 18.2. The van der Waals surface area contributed by atoms with E-state index >= 15 is 0 Å². The molecule has 0 radical (unpaired) electrons. The SMILES string of the molecule is Cc1cc(C)n(-c2ccc(C(=O)Nc3ccc(-c4nnnn4C4CC4)cc3)cc2)n1. The summed E-state index contributed by atoms with van der Waals surface area (Å²) >= 11 is 0. The largest absolute Gasteiger partial charge is 0.322 e. The normalized spacial score (nSPS) is 13.4. The summed E-state index contributed by atoms with van der Waals surface area (Å²) < 4.78 is 3.74. The molecule has 1 aliphatic rings. The number of aromatic nitrogens is 6. The van der Waals surface area contributed by atoms with Crippen molar-refractivity contribution in [3.63, 3.8) is 0 Å². The van der Waals surface area contributed by atoms with Crippen LogP contribution in [0.3, 0.4) is 0 Å². The van der Waals surface area contributed by atoms with Crippen molar-refractivity contribution in [2.45, 2.75) is 32.7 Å². The van der Waals surface area contributed by atoms with E-state index in [1.54, 1.807) is 12.1 Å². The average Bonchev–Trinajstić information content (AvgIpc) is 3.38. The molecule has 1 saturated carbocycles. The summed E-state index contributed by atoms with van der Waals surface area (Å²) in [6.07, 6.45) is 2.23. The Balaban J connectivity index is 1.29. The number of anilines is 1. The molecule has 4 aromatic rings. The number of carbonyl (C=O) groups excluding carboxylic acids is 1. The third-order valence-electron chi connectivity index (χ3n) is 5.17. The topological polar surface area (TPSA) is 90.5 Å². The van der Waals surface area contributed by atoms with Crippen LogP contribution in [-0.2, 0) is 0 Å². The lowest BCUT2D eigenvalue weighted by Crippen LogP contribution is -2.12. The second kappa shape index (κ2) is 7.22. The van der Waals surface area contributed by atoms with Gasteiger partial charge in [0.25, 0.3) is 5.91 Å². The van der Waals surface area contributed by atoms with E-state index in [-0.39, 0.29) is 5.91 Å². The van der Waals surface area contributed by atoms with Crippen LogP contribution in [-0.4, -0.2) is 35.9 Å². The molecule has 0 spiro atoms. The number of aryl methyl sites for hydroxylation is 2. The molecule has 1 amide bonds. The number of hydrogen-bond donors (Lipinski definition) is 1. The molecule has 1 fully saturated rings. The molecule has 2 aromatic carbocycles. The molecule has 0 atom stereocenters. The molecule has 8 nitrogen and oxygen atoms in total. The number of tetrazole rings is 1. The van der Waals surface area contributed by atoms with Gasteiger partial charge in [-0.3, -0.25) is 4.79 Å². The minimum absolute atomic E-state index is 0.162. The van der Waals surface area contributed by atoms with Gasteiger partial charge >= 0.3 is 0 Å². The van der Waals surface area contributed by atoms with Crippen LogP contribution in [0.15, 0.2) is 54.6 Å². The molecule has 2 aromatic heterocycles. The van der Waals surface area contributed by atoms with Crippen molar-refractivity contribution in [2.75, 3.05) is 5.32 Å². The molecule has 0 saturated heterocycles. The Morgan fingerprint density at radius 2 is 1.77 bits per heavy atom. The van der Waals surface area contributed by atoms with E-state index in [1.165, 1.54) is 0 Å². The van der Waals surface area contributed by atoms with E-state index in [0.717, 1.165) is 47.0 Å². The van der Waals surface area contributed by atoms with Crippen molar-refractivity contribution in [3.05, 3.63) is 71.5 Å². The number of rotatable bonds is 5. The number of benzene rings is 2. The van der Waals surface area contributed by atoms with Crippen LogP contribution in [0.5, 0.6) is 0 Å². The molecule has 1 aliphatic carbocycles. The minimum Gasteiger partial charge on any atom is -0.322 e. The van der Waals surface area contributed by atoms with E-state index < -0.39 is 0 Å². The molecular weight excluding hydrogens is 378 g/mol. The van der Waals surface area contributed by atoms with Crippen LogP contribution < -0.4 is 5.32 Å². The maximum atomic E-state index is 12.6. The van der Waals surface area contributed by atoms with Crippen LogP contribution in [0.1, 0.15) is 40.6 Å². The van der Waals surface area contributed by atoms with Crippen LogP contribution in [0, 0.1) is 13.8 Å². The Kier molecular flexibility index (Phi) is 4.39. The zero-order valence-electron chi connectivity index (χ0n) is 16.8. The zero-order valence-corrected chi connectivity index (χ0v) is 16.8. The van der Waals surface area contributed by atoms with Gasteiger partial charge in [-0.15, -0.1) is 5.10 Å². The summed E-state index contributed by atoms with van der Waals surface area (Å²) in [5, 5.41) is 19.4. The van der Waals surface area contributed by atoms with Crippen LogP contribution in [0.25, 0.3) is 17.1 Å². The van der Waals surface area contributed by atoms with Crippen LogP contribution >= 0.6 is 0 Å². The lowest BCUT2D eigenvalue weighted by Gasteiger charge is -2.08. The first-order valence-electron chi connectivity index (χ1n) is 9.92. The summed E-state index contributed by atoms with van der Waals surface area (Å²) in [6.45, 7) is 3.97. The molecule has 8 heteroatoms. The molecule has 1 N–H and O–H groups in total. The average molecular weight is 399 g/mol. The summed E-state index contributed by atoms with van der Waals surface area (Å²) in [6, 6.07) is 17.4. The van der Waals surface area contributed by atoms with Crippen molar-refractivity contribution in [2.24, 2.45) is 0 Å². The van der Waals surface area contributed by atoms with Gasteiger partial charge in [0.15, 0.2) is 5.82 Å². The molecule has 0 unspecified atom stereocenters. The zero-order chi connectivity index (χ0) is 20.7. The highest BCUT2D eigenvalue weighted by Crippen LogP contribution is 2.36. The Bertz CT molecular complexity index is 1200. The summed E-state index contributed by atoms with van der Waals surface area (Å²) in [7, 11) is 0. The van der Waals surface area contributed by atoms with Gasteiger partial charge in [-0.25, -0.2) is 9.36 Å². The van der Waals surface area contributed by atoms with Crippen LogP contribution in [0.2, 0.25) is 0 Å². The third-order valence-corrected chi connectivity index (χ3v) is 5.17. The van der Waals surface area contributed by atoms with Gasteiger partial charge in [-0.2, -0.15) is 5.10 Å². The van der Waals surface area contributed by atoms with Gasteiger partial charge in [0.05, 0.1) is 17.4 Å². The van der Waals surface area contributed by atoms with Crippen LogP contribution in [0.4, 0.5) is 5.69 Å². The number of carbonyl (C=O) groups is 1. The van der Waals surface area contributed by atoms with E-state index in [4.69, 9.17) is 0 Å². The van der Waals surface area contributed by atoms with Gasteiger partial charge in [-0.1, -0.05) is 0 Å². The molecule has 2 heterocycles. The van der Waals surface area contributed by atoms with Crippen molar-refractivity contribution >= 4 is 11.6 Å².